The van der Waals surface area contributed by atoms with E-state index in [0.29, 0.717) is 22.1 Å². The number of carbonyl (C=O) groups is 1. The maximum absolute atomic E-state index is 11.3. The molecule has 0 atom stereocenters. The van der Waals surface area contributed by atoms with E-state index < -0.39 is 5.91 Å². The Morgan fingerprint density at radius 1 is 1.25 bits per heavy atom. The Hall–Kier alpha value is -2.40. The van der Waals surface area contributed by atoms with Gasteiger partial charge in [-0.05, 0) is 24.3 Å². The van der Waals surface area contributed by atoms with Gasteiger partial charge in [0.2, 0.25) is 0 Å². The van der Waals surface area contributed by atoms with Gasteiger partial charge in [-0.3, -0.25) is 4.79 Å². The number of rotatable bonds is 4. The Balaban J connectivity index is 2.40. The van der Waals surface area contributed by atoms with Crippen LogP contribution in [0.3, 0.4) is 0 Å². The first kappa shape index (κ1) is 14.0. The van der Waals surface area contributed by atoms with Gasteiger partial charge in [-0.15, -0.1) is 0 Å². The highest BCUT2D eigenvalue weighted by Crippen LogP contribution is 2.32. The average molecular weight is 292 g/mol. The average Bonchev–Trinajstić information content (AvgIpc) is 2.43. The van der Waals surface area contributed by atoms with Crippen molar-refractivity contribution in [1.29, 1.82) is 0 Å². The van der Waals surface area contributed by atoms with E-state index in [1.54, 1.807) is 43.5 Å². The van der Waals surface area contributed by atoms with Crippen molar-refractivity contribution in [3.8, 4) is 5.75 Å². The molecule has 20 heavy (non-hydrogen) atoms. The molecule has 2 aromatic carbocycles. The summed E-state index contributed by atoms with van der Waals surface area (Å²) < 4.78 is 5.14. The third kappa shape index (κ3) is 2.78. The number of amides is 1. The van der Waals surface area contributed by atoms with Gasteiger partial charge >= 0.3 is 0 Å². The van der Waals surface area contributed by atoms with Gasteiger partial charge in [0.05, 0.1) is 34.8 Å². The molecule has 0 radical (unpaired) electrons. The molecule has 2 aromatic rings. The first-order valence-corrected chi connectivity index (χ1v) is 6.19. The van der Waals surface area contributed by atoms with Crippen LogP contribution >= 0.6 is 11.6 Å². The number of nitrogen functional groups attached to an aromatic ring is 1. The highest BCUT2D eigenvalue weighted by Gasteiger charge is 2.11. The Morgan fingerprint density at radius 2 is 2.00 bits per heavy atom. The molecule has 0 aromatic heterocycles. The number of hydrogen-bond donors (Lipinski definition) is 3. The van der Waals surface area contributed by atoms with Crippen molar-refractivity contribution in [3.63, 3.8) is 0 Å². The van der Waals surface area contributed by atoms with Crippen LogP contribution in [0.5, 0.6) is 5.75 Å². The minimum Gasteiger partial charge on any atom is -0.497 e. The molecule has 2 rings (SSSR count). The van der Waals surface area contributed by atoms with Crippen molar-refractivity contribution in [1.82, 2.24) is 0 Å². The quantitative estimate of drug-likeness (QED) is 0.756. The molecule has 0 heterocycles. The van der Waals surface area contributed by atoms with Crippen molar-refractivity contribution < 1.29 is 9.53 Å². The maximum Gasteiger partial charge on any atom is 0.250 e. The lowest BCUT2D eigenvalue weighted by molar-refractivity contribution is 0.100. The highest BCUT2D eigenvalue weighted by atomic mass is 35.5. The van der Waals surface area contributed by atoms with Crippen LogP contribution in [0, 0.1) is 0 Å². The number of hydrogen-bond acceptors (Lipinski definition) is 4. The molecule has 0 saturated carbocycles. The van der Waals surface area contributed by atoms with E-state index >= 15 is 0 Å². The van der Waals surface area contributed by atoms with Gasteiger partial charge in [-0.2, -0.15) is 0 Å². The van der Waals surface area contributed by atoms with Crippen molar-refractivity contribution in [2.45, 2.75) is 0 Å². The number of ether oxygens (including phenoxy) is 1. The van der Waals surface area contributed by atoms with Crippen LogP contribution in [0.15, 0.2) is 36.4 Å². The highest BCUT2D eigenvalue weighted by molar-refractivity contribution is 6.33. The molecule has 1 amide bonds. The summed E-state index contributed by atoms with van der Waals surface area (Å²) in [6.07, 6.45) is 0. The number of anilines is 3. The molecule has 0 aliphatic rings. The maximum atomic E-state index is 11.3. The molecule has 0 aliphatic heterocycles. The lowest BCUT2D eigenvalue weighted by Crippen LogP contribution is -2.14. The second-order valence-corrected chi connectivity index (χ2v) is 4.51. The molecule has 0 aliphatic carbocycles. The largest absolute Gasteiger partial charge is 0.497 e. The number of nitrogens with one attached hydrogen (secondary N) is 1. The van der Waals surface area contributed by atoms with Crippen molar-refractivity contribution in [2.75, 3.05) is 18.2 Å². The number of halogens is 1. The fraction of sp³-hybridized carbons (Fsp3) is 0.0714. The van der Waals surface area contributed by atoms with Crippen LogP contribution in [0.2, 0.25) is 5.02 Å². The number of carbonyl (C=O) groups excluding carboxylic acids is 1. The molecule has 0 fully saturated rings. The zero-order chi connectivity index (χ0) is 14.7. The van der Waals surface area contributed by atoms with Crippen LogP contribution in [-0.2, 0) is 0 Å². The molecule has 0 saturated heterocycles. The summed E-state index contributed by atoms with van der Waals surface area (Å²) in [5.74, 6) is 0.0735. The minimum absolute atomic E-state index is 0.258. The van der Waals surface area contributed by atoms with E-state index in [4.69, 9.17) is 27.8 Å². The number of para-hydroxylation sites is 1. The molecule has 6 heteroatoms. The topological polar surface area (TPSA) is 90.4 Å². The van der Waals surface area contributed by atoms with Gasteiger partial charge in [-0.25, -0.2) is 0 Å². The van der Waals surface area contributed by atoms with E-state index in [1.165, 1.54) is 0 Å². The first-order valence-electron chi connectivity index (χ1n) is 5.81. The third-order valence-corrected chi connectivity index (χ3v) is 3.14. The van der Waals surface area contributed by atoms with Crippen LogP contribution in [0.1, 0.15) is 10.4 Å². The monoisotopic (exact) mass is 291 g/mol. The van der Waals surface area contributed by atoms with Gasteiger partial charge in [-0.1, -0.05) is 17.7 Å². The Bertz CT molecular complexity index is 659. The van der Waals surface area contributed by atoms with Gasteiger partial charge in [0.1, 0.15) is 5.75 Å². The number of primary amides is 1. The normalized spacial score (nSPS) is 10.1. The van der Waals surface area contributed by atoms with Crippen LogP contribution < -0.4 is 21.5 Å². The molecule has 0 bridgehead atoms. The molecule has 5 N–H and O–H groups in total. The summed E-state index contributed by atoms with van der Waals surface area (Å²) in [6.45, 7) is 0. The fourth-order valence-corrected chi connectivity index (χ4v) is 1.93. The summed E-state index contributed by atoms with van der Waals surface area (Å²) in [5.41, 5.74) is 12.9. The molecule has 5 nitrogen and oxygen atoms in total. The summed E-state index contributed by atoms with van der Waals surface area (Å²) in [4.78, 5) is 11.3. The lowest BCUT2D eigenvalue weighted by Gasteiger charge is -2.13. The van der Waals surface area contributed by atoms with Gasteiger partial charge in [0.25, 0.3) is 5.91 Å². The second kappa shape index (κ2) is 5.71. The summed E-state index contributed by atoms with van der Waals surface area (Å²) in [6, 6.07) is 10.2. The Labute approximate surface area is 121 Å². The van der Waals surface area contributed by atoms with E-state index in [1.807, 2.05) is 0 Å². The first-order chi connectivity index (χ1) is 9.52. The van der Waals surface area contributed by atoms with Gasteiger partial charge in [0.15, 0.2) is 0 Å². The summed E-state index contributed by atoms with van der Waals surface area (Å²) >= 11 is 6.11. The molecule has 104 valence electrons. The van der Waals surface area contributed by atoms with Gasteiger partial charge < -0.3 is 21.5 Å². The Kier molecular flexibility index (Phi) is 4.00. The summed E-state index contributed by atoms with van der Waals surface area (Å²) in [5, 5.41) is 3.57. The second-order valence-electron chi connectivity index (χ2n) is 4.10. The van der Waals surface area contributed by atoms with E-state index in [-0.39, 0.29) is 11.3 Å². The molecular formula is C14H14ClN3O2. The minimum atomic E-state index is -0.581. The van der Waals surface area contributed by atoms with E-state index in [9.17, 15) is 4.79 Å². The van der Waals surface area contributed by atoms with Crippen molar-refractivity contribution in [3.05, 3.63) is 47.0 Å². The van der Waals surface area contributed by atoms with Crippen LogP contribution in [0.25, 0.3) is 0 Å². The van der Waals surface area contributed by atoms with Crippen LogP contribution in [0.4, 0.5) is 17.1 Å². The molecular weight excluding hydrogens is 278 g/mol. The fourth-order valence-electron chi connectivity index (χ4n) is 1.76. The summed E-state index contributed by atoms with van der Waals surface area (Å²) in [7, 11) is 1.56. The zero-order valence-electron chi connectivity index (χ0n) is 10.8. The number of benzene rings is 2. The van der Waals surface area contributed by atoms with Crippen molar-refractivity contribution in [2.24, 2.45) is 5.73 Å². The molecule has 0 spiro atoms. The Morgan fingerprint density at radius 3 is 2.65 bits per heavy atom. The number of nitrogens with two attached hydrogens (primary N) is 2. The van der Waals surface area contributed by atoms with E-state index in [0.717, 1.165) is 0 Å². The zero-order valence-corrected chi connectivity index (χ0v) is 11.6. The smallest absolute Gasteiger partial charge is 0.250 e. The standard InChI is InChI=1S/C14H14ClN3O2/c1-20-8-5-6-10(15)12(7-8)18-11-4-2-3-9(13(11)16)14(17)19/h2-7,18H,16H2,1H3,(H2,17,19). The predicted octanol–water partition coefficient (Wildman–Crippen LogP) is 2.77. The van der Waals surface area contributed by atoms with E-state index in [2.05, 4.69) is 5.32 Å². The van der Waals surface area contributed by atoms with Crippen LogP contribution in [-0.4, -0.2) is 13.0 Å². The number of methoxy groups -OCH3 is 1. The molecule has 0 unspecified atom stereocenters. The van der Waals surface area contributed by atoms with Gasteiger partial charge in [0, 0.05) is 6.07 Å². The van der Waals surface area contributed by atoms with Crippen molar-refractivity contribution >= 4 is 34.6 Å². The predicted molar refractivity (Wildman–Crippen MR) is 80.7 cm³/mol. The third-order valence-electron chi connectivity index (χ3n) is 2.81. The lowest BCUT2D eigenvalue weighted by atomic mass is 10.1. The SMILES string of the molecule is COc1ccc(Cl)c(Nc2cccc(C(N)=O)c2N)c1.